The first-order chi connectivity index (χ1) is 13.8. The number of H-pyrrole nitrogens is 1. The number of fused-ring (bicyclic) bond motifs is 2. The Morgan fingerprint density at radius 2 is 1.93 bits per heavy atom. The van der Waals surface area contributed by atoms with Crippen molar-refractivity contribution >= 4 is 17.0 Å². The molecule has 2 aliphatic heterocycles. The number of aromatic nitrogens is 4. The largest absolute Gasteiger partial charge is 0.481 e. The van der Waals surface area contributed by atoms with Crippen LogP contribution in [0.3, 0.4) is 0 Å². The highest BCUT2D eigenvalue weighted by Gasteiger charge is 2.19. The zero-order valence-corrected chi connectivity index (χ0v) is 16.8. The molecule has 0 saturated heterocycles. The number of rotatable bonds is 8. The van der Waals surface area contributed by atoms with Crippen LogP contribution in [-0.4, -0.2) is 43.7 Å². The van der Waals surface area contributed by atoms with E-state index in [4.69, 9.17) is 5.11 Å². The average Bonchev–Trinajstić information content (AvgIpc) is 2.65. The van der Waals surface area contributed by atoms with E-state index in [0.29, 0.717) is 31.6 Å². The summed E-state index contributed by atoms with van der Waals surface area (Å²) in [5.41, 5.74) is 2.50. The number of carbonyl (C=O) groups is 1. The number of aryl methyl sites for hydroxylation is 2. The predicted molar refractivity (Wildman–Crippen MR) is 109 cm³/mol. The molecule has 0 radical (unpaired) electrons. The monoisotopic (exact) mass is 399 g/mol. The van der Waals surface area contributed by atoms with Crippen molar-refractivity contribution in [1.29, 1.82) is 0 Å². The summed E-state index contributed by atoms with van der Waals surface area (Å²) in [5, 5.41) is 12.2. The minimum Gasteiger partial charge on any atom is -0.481 e. The van der Waals surface area contributed by atoms with E-state index < -0.39 is 17.2 Å². The van der Waals surface area contributed by atoms with Crippen molar-refractivity contribution in [1.82, 2.24) is 24.8 Å². The first-order valence-corrected chi connectivity index (χ1v) is 9.63. The van der Waals surface area contributed by atoms with Crippen molar-refractivity contribution < 1.29 is 9.90 Å². The van der Waals surface area contributed by atoms with Crippen molar-refractivity contribution in [2.24, 2.45) is 5.92 Å². The van der Waals surface area contributed by atoms with Gasteiger partial charge in [0.15, 0.2) is 11.5 Å². The number of nitrogens with one attached hydrogen (secondary N) is 2. The van der Waals surface area contributed by atoms with Crippen LogP contribution in [0.2, 0.25) is 0 Å². The van der Waals surface area contributed by atoms with E-state index in [0.717, 1.165) is 23.1 Å². The van der Waals surface area contributed by atoms with E-state index in [1.165, 1.54) is 0 Å². The molecule has 29 heavy (non-hydrogen) atoms. The lowest BCUT2D eigenvalue weighted by Crippen LogP contribution is -2.30. The Kier molecular flexibility index (Phi) is 6.07. The summed E-state index contributed by atoms with van der Waals surface area (Å²) in [6.07, 6.45) is 1.35. The molecule has 1 aromatic rings. The number of carboxylic acid groups (broad SMARTS) is 1. The highest BCUT2D eigenvalue weighted by molar-refractivity contribution is 5.81. The third-order valence-corrected chi connectivity index (χ3v) is 5.15. The smallest absolute Gasteiger partial charge is 0.349 e. The first-order valence-electron chi connectivity index (χ1n) is 9.63. The van der Waals surface area contributed by atoms with E-state index in [-0.39, 0.29) is 17.4 Å². The summed E-state index contributed by atoms with van der Waals surface area (Å²) in [4.78, 5) is 45.5. The van der Waals surface area contributed by atoms with Crippen LogP contribution in [0.5, 0.6) is 0 Å². The average molecular weight is 399 g/mol. The van der Waals surface area contributed by atoms with Gasteiger partial charge in [0.2, 0.25) is 0 Å². The lowest BCUT2D eigenvalue weighted by Gasteiger charge is -2.18. The molecule has 2 heterocycles. The van der Waals surface area contributed by atoms with Gasteiger partial charge in [-0.05, 0) is 56.5 Å². The van der Waals surface area contributed by atoms with Gasteiger partial charge in [-0.2, -0.15) is 4.98 Å². The molecule has 2 aliphatic rings. The van der Waals surface area contributed by atoms with Crippen molar-refractivity contribution in [3.8, 4) is 11.5 Å². The second-order valence-electron chi connectivity index (χ2n) is 7.36. The SMILES string of the molecule is Cc1cc2nc3c(=O)[nH]c(=O)nc-3n(CCNCCCC(C)C(=O)O)c2cc1C. The zero-order valence-electron chi connectivity index (χ0n) is 16.8. The number of carboxylic acids is 1. The van der Waals surface area contributed by atoms with Crippen LogP contribution in [0.25, 0.3) is 22.6 Å². The van der Waals surface area contributed by atoms with Gasteiger partial charge >= 0.3 is 11.7 Å². The highest BCUT2D eigenvalue weighted by Crippen LogP contribution is 2.23. The van der Waals surface area contributed by atoms with Crippen molar-refractivity contribution in [2.75, 3.05) is 13.1 Å². The van der Waals surface area contributed by atoms with Crippen LogP contribution >= 0.6 is 0 Å². The van der Waals surface area contributed by atoms with Gasteiger partial charge in [-0.3, -0.25) is 14.6 Å². The van der Waals surface area contributed by atoms with Crippen LogP contribution in [0, 0.1) is 19.8 Å². The van der Waals surface area contributed by atoms with Crippen molar-refractivity contribution in [3.63, 3.8) is 0 Å². The van der Waals surface area contributed by atoms with E-state index in [2.05, 4.69) is 20.3 Å². The van der Waals surface area contributed by atoms with E-state index in [9.17, 15) is 14.4 Å². The summed E-state index contributed by atoms with van der Waals surface area (Å²) < 4.78 is 1.84. The van der Waals surface area contributed by atoms with Crippen LogP contribution < -0.4 is 16.6 Å². The summed E-state index contributed by atoms with van der Waals surface area (Å²) in [5.74, 6) is -0.890. The molecule has 1 atom stereocenters. The second kappa shape index (κ2) is 8.52. The molecule has 0 saturated carbocycles. The van der Waals surface area contributed by atoms with E-state index in [1.54, 1.807) is 6.92 Å². The molecule has 0 amide bonds. The molecule has 0 fully saturated rings. The fraction of sp³-hybridized carbons (Fsp3) is 0.450. The van der Waals surface area contributed by atoms with Crippen LogP contribution in [-0.2, 0) is 11.3 Å². The van der Waals surface area contributed by atoms with Gasteiger partial charge in [0.25, 0.3) is 5.56 Å². The third kappa shape index (κ3) is 4.51. The summed E-state index contributed by atoms with van der Waals surface area (Å²) >= 11 is 0. The first kappa shape index (κ1) is 20.7. The molecule has 0 bridgehead atoms. The van der Waals surface area contributed by atoms with Crippen LogP contribution in [0.15, 0.2) is 21.7 Å². The van der Waals surface area contributed by atoms with Gasteiger partial charge in [-0.15, -0.1) is 0 Å². The maximum atomic E-state index is 12.2. The zero-order chi connectivity index (χ0) is 21.1. The molecule has 0 aromatic heterocycles. The maximum absolute atomic E-state index is 12.2. The third-order valence-electron chi connectivity index (χ3n) is 5.15. The van der Waals surface area contributed by atoms with Crippen LogP contribution in [0.4, 0.5) is 0 Å². The molecule has 1 unspecified atom stereocenters. The number of nitrogens with zero attached hydrogens (tertiary/aromatic N) is 3. The van der Waals surface area contributed by atoms with Gasteiger partial charge < -0.3 is 15.0 Å². The topological polar surface area (TPSA) is 130 Å². The molecule has 3 N–H and O–H groups in total. The molecule has 9 nitrogen and oxygen atoms in total. The fourth-order valence-electron chi connectivity index (χ4n) is 3.25. The summed E-state index contributed by atoms with van der Waals surface area (Å²) in [6, 6.07) is 3.91. The van der Waals surface area contributed by atoms with E-state index >= 15 is 0 Å². The molecule has 0 aliphatic carbocycles. The second-order valence-corrected chi connectivity index (χ2v) is 7.36. The molecule has 154 valence electrons. The Morgan fingerprint density at radius 1 is 1.21 bits per heavy atom. The highest BCUT2D eigenvalue weighted by atomic mass is 16.4. The lowest BCUT2D eigenvalue weighted by molar-refractivity contribution is -0.141. The molecule has 3 rings (SSSR count). The van der Waals surface area contributed by atoms with Crippen molar-refractivity contribution in [3.05, 3.63) is 44.1 Å². The molecular formula is C20H25N5O4. The fourth-order valence-corrected chi connectivity index (χ4v) is 3.25. The number of hydrogen-bond acceptors (Lipinski definition) is 6. The maximum Gasteiger partial charge on any atom is 0.349 e. The quantitative estimate of drug-likeness (QED) is 0.384. The van der Waals surface area contributed by atoms with Gasteiger partial charge in [-0.25, -0.2) is 9.78 Å². The molecule has 0 spiro atoms. The van der Waals surface area contributed by atoms with Gasteiger partial charge in [0.1, 0.15) is 0 Å². The summed E-state index contributed by atoms with van der Waals surface area (Å²) in [7, 11) is 0. The molecule has 9 heteroatoms. The standard InChI is InChI=1S/C20H25N5O4/c1-11(19(27)28)5-4-6-21-7-8-25-15-10-13(3)12(2)9-14(15)22-16-17(25)23-20(29)24-18(16)26/h9-11,21H,4-8H2,1-3H3,(H,27,28)(H,24,26,29). The molecular weight excluding hydrogens is 374 g/mol. The van der Waals surface area contributed by atoms with Gasteiger partial charge in [0.05, 0.1) is 17.0 Å². The normalized spacial score (nSPS) is 12.5. The Balaban J connectivity index is 1.86. The van der Waals surface area contributed by atoms with E-state index in [1.807, 2.05) is 30.5 Å². The lowest BCUT2D eigenvalue weighted by atomic mass is 10.1. The van der Waals surface area contributed by atoms with Crippen LogP contribution in [0.1, 0.15) is 30.9 Å². The van der Waals surface area contributed by atoms with Gasteiger partial charge in [-0.1, -0.05) is 6.92 Å². The van der Waals surface area contributed by atoms with Gasteiger partial charge in [0, 0.05) is 13.1 Å². The number of aromatic amines is 1. The Hall–Kier alpha value is -3.07. The minimum absolute atomic E-state index is 0.135. The minimum atomic E-state index is -0.786. The Morgan fingerprint density at radius 3 is 2.66 bits per heavy atom. The number of hydrogen-bond donors (Lipinski definition) is 3. The predicted octanol–water partition coefficient (Wildman–Crippen LogP) is 1.29. The summed E-state index contributed by atoms with van der Waals surface area (Å²) in [6.45, 7) is 7.42. The number of aliphatic carboxylic acids is 1. The Bertz CT molecular complexity index is 1130. The Labute approximate surface area is 167 Å². The number of benzene rings is 1. The van der Waals surface area contributed by atoms with Crippen molar-refractivity contribution in [2.45, 2.75) is 40.2 Å². The molecule has 1 aromatic carbocycles.